The second-order valence-electron chi connectivity index (χ2n) is 4.60. The van der Waals surface area contributed by atoms with Crippen molar-refractivity contribution < 1.29 is 4.79 Å². The van der Waals surface area contributed by atoms with Crippen molar-refractivity contribution in [1.82, 2.24) is 4.57 Å². The molecule has 100 valence electrons. The molecule has 1 amide bonds. The lowest BCUT2D eigenvalue weighted by molar-refractivity contribution is 0.102. The second kappa shape index (κ2) is 5.13. The van der Waals surface area contributed by atoms with Gasteiger partial charge in [0.25, 0.3) is 5.91 Å². The maximum Gasteiger partial charge on any atom is 0.257 e. The van der Waals surface area contributed by atoms with Crippen LogP contribution in [0.5, 0.6) is 0 Å². The first-order valence-corrected chi connectivity index (χ1v) is 7.06. The summed E-state index contributed by atoms with van der Waals surface area (Å²) >= 11 is 3.43. The Hall–Kier alpha value is -2.07. The zero-order chi connectivity index (χ0) is 14.1. The van der Waals surface area contributed by atoms with Crippen molar-refractivity contribution in [1.29, 1.82) is 0 Å². The van der Waals surface area contributed by atoms with E-state index in [9.17, 15) is 4.79 Å². The summed E-state index contributed by atoms with van der Waals surface area (Å²) in [6.45, 7) is 0. The Morgan fingerprint density at radius 3 is 2.60 bits per heavy atom. The van der Waals surface area contributed by atoms with E-state index in [0.29, 0.717) is 5.56 Å². The van der Waals surface area contributed by atoms with Gasteiger partial charge in [-0.2, -0.15) is 0 Å². The number of fused-ring (bicyclic) bond motifs is 1. The smallest absolute Gasteiger partial charge is 0.257 e. The molecule has 0 aliphatic heterocycles. The van der Waals surface area contributed by atoms with Crippen molar-refractivity contribution in [3.05, 3.63) is 64.8 Å². The maximum atomic E-state index is 12.4. The van der Waals surface area contributed by atoms with Crippen LogP contribution in [-0.2, 0) is 7.05 Å². The number of hydrogen-bond acceptors (Lipinski definition) is 1. The molecule has 0 saturated heterocycles. The summed E-state index contributed by atoms with van der Waals surface area (Å²) in [6, 6.07) is 15.5. The lowest BCUT2D eigenvalue weighted by Gasteiger charge is -2.06. The summed E-state index contributed by atoms with van der Waals surface area (Å²) in [5.74, 6) is -0.103. The third-order valence-corrected chi connectivity index (χ3v) is 3.96. The fourth-order valence-electron chi connectivity index (χ4n) is 2.27. The van der Waals surface area contributed by atoms with Gasteiger partial charge in [0.15, 0.2) is 0 Å². The molecule has 1 N–H and O–H groups in total. The minimum atomic E-state index is -0.103. The molecule has 1 aromatic heterocycles. The van der Waals surface area contributed by atoms with Gasteiger partial charge in [-0.3, -0.25) is 4.79 Å². The summed E-state index contributed by atoms with van der Waals surface area (Å²) in [4.78, 5) is 12.4. The van der Waals surface area contributed by atoms with E-state index in [0.717, 1.165) is 21.1 Å². The van der Waals surface area contributed by atoms with E-state index >= 15 is 0 Å². The number of aromatic nitrogens is 1. The minimum absolute atomic E-state index is 0.103. The number of rotatable bonds is 2. The zero-order valence-corrected chi connectivity index (χ0v) is 12.5. The highest BCUT2D eigenvalue weighted by Gasteiger charge is 2.14. The van der Waals surface area contributed by atoms with Crippen LogP contribution in [0.25, 0.3) is 10.9 Å². The van der Waals surface area contributed by atoms with Crippen LogP contribution in [0.1, 0.15) is 10.4 Å². The Morgan fingerprint density at radius 2 is 1.80 bits per heavy atom. The highest BCUT2D eigenvalue weighted by molar-refractivity contribution is 9.10. The Kier molecular flexibility index (Phi) is 3.32. The fourth-order valence-corrected chi connectivity index (χ4v) is 2.66. The van der Waals surface area contributed by atoms with Gasteiger partial charge in [0.2, 0.25) is 0 Å². The largest absolute Gasteiger partial charge is 0.350 e. The number of carbonyl (C=O) groups excluding carboxylic acids is 1. The standard InChI is InChI=1S/C16H13BrN2O/c1-19-10-12(11-6-2-5-9-15(11)19)16(20)18-14-8-4-3-7-13(14)17/h2-10H,1H3,(H,18,20). The molecule has 0 radical (unpaired) electrons. The zero-order valence-electron chi connectivity index (χ0n) is 10.9. The quantitative estimate of drug-likeness (QED) is 0.751. The van der Waals surface area contributed by atoms with Gasteiger partial charge in [-0.05, 0) is 34.1 Å². The first-order valence-electron chi connectivity index (χ1n) is 6.27. The minimum Gasteiger partial charge on any atom is -0.350 e. The number of benzene rings is 2. The van der Waals surface area contributed by atoms with Gasteiger partial charge >= 0.3 is 0 Å². The van der Waals surface area contributed by atoms with Crippen molar-refractivity contribution in [2.24, 2.45) is 7.05 Å². The third kappa shape index (κ3) is 2.23. The molecule has 0 atom stereocenters. The summed E-state index contributed by atoms with van der Waals surface area (Å²) < 4.78 is 2.83. The molecule has 0 aliphatic carbocycles. The fraction of sp³-hybridized carbons (Fsp3) is 0.0625. The molecule has 0 fully saturated rings. The van der Waals surface area contributed by atoms with Crippen molar-refractivity contribution in [2.75, 3.05) is 5.32 Å². The maximum absolute atomic E-state index is 12.4. The molecule has 0 aliphatic rings. The van der Waals surface area contributed by atoms with E-state index in [2.05, 4.69) is 21.2 Å². The number of nitrogens with zero attached hydrogens (tertiary/aromatic N) is 1. The monoisotopic (exact) mass is 328 g/mol. The van der Waals surface area contributed by atoms with Crippen LogP contribution in [-0.4, -0.2) is 10.5 Å². The first kappa shape index (κ1) is 12.9. The summed E-state index contributed by atoms with van der Waals surface area (Å²) in [5, 5.41) is 3.89. The van der Waals surface area contributed by atoms with Crippen LogP contribution in [0.3, 0.4) is 0 Å². The molecule has 1 heterocycles. The molecule has 0 spiro atoms. The summed E-state index contributed by atoms with van der Waals surface area (Å²) in [5.41, 5.74) is 2.49. The van der Waals surface area contributed by atoms with E-state index in [1.807, 2.05) is 66.3 Å². The normalized spacial score (nSPS) is 10.7. The molecular formula is C16H13BrN2O. The number of amides is 1. The van der Waals surface area contributed by atoms with Crippen LogP contribution in [0.4, 0.5) is 5.69 Å². The molecule has 3 aromatic rings. The van der Waals surface area contributed by atoms with Crippen molar-refractivity contribution in [3.8, 4) is 0 Å². The van der Waals surface area contributed by atoms with Crippen LogP contribution >= 0.6 is 15.9 Å². The molecule has 0 saturated carbocycles. The number of nitrogens with one attached hydrogen (secondary N) is 1. The molecule has 0 bridgehead atoms. The Balaban J connectivity index is 2.00. The number of halogens is 1. The molecule has 3 rings (SSSR count). The van der Waals surface area contributed by atoms with Crippen molar-refractivity contribution in [2.45, 2.75) is 0 Å². The van der Waals surface area contributed by atoms with Gasteiger partial charge in [-0.1, -0.05) is 30.3 Å². The topological polar surface area (TPSA) is 34.0 Å². The Labute approximate surface area is 125 Å². The van der Waals surface area contributed by atoms with Gasteiger partial charge in [0.1, 0.15) is 0 Å². The van der Waals surface area contributed by atoms with E-state index in [4.69, 9.17) is 0 Å². The highest BCUT2D eigenvalue weighted by Crippen LogP contribution is 2.24. The molecule has 20 heavy (non-hydrogen) atoms. The van der Waals surface area contributed by atoms with E-state index in [1.165, 1.54) is 0 Å². The first-order chi connectivity index (χ1) is 9.66. The predicted octanol–water partition coefficient (Wildman–Crippen LogP) is 4.19. The van der Waals surface area contributed by atoms with Gasteiger partial charge in [-0.15, -0.1) is 0 Å². The Bertz CT molecular complexity index is 792. The van der Waals surface area contributed by atoms with Crippen LogP contribution in [0, 0.1) is 0 Å². The van der Waals surface area contributed by atoms with E-state index in [1.54, 1.807) is 0 Å². The average Bonchev–Trinajstić information content (AvgIpc) is 2.79. The molecule has 0 unspecified atom stereocenters. The number of hydrogen-bond donors (Lipinski definition) is 1. The second-order valence-corrected chi connectivity index (χ2v) is 5.46. The number of para-hydroxylation sites is 2. The Morgan fingerprint density at radius 1 is 1.10 bits per heavy atom. The van der Waals surface area contributed by atoms with Gasteiger partial charge in [0, 0.05) is 28.6 Å². The number of aryl methyl sites for hydroxylation is 1. The van der Waals surface area contributed by atoms with Crippen LogP contribution in [0.15, 0.2) is 59.2 Å². The predicted molar refractivity (Wildman–Crippen MR) is 85.0 cm³/mol. The van der Waals surface area contributed by atoms with Gasteiger partial charge in [-0.25, -0.2) is 0 Å². The number of anilines is 1. The number of carbonyl (C=O) groups is 1. The van der Waals surface area contributed by atoms with Gasteiger partial charge < -0.3 is 9.88 Å². The lowest BCUT2D eigenvalue weighted by atomic mass is 10.1. The van der Waals surface area contributed by atoms with E-state index in [-0.39, 0.29) is 5.91 Å². The molecule has 3 nitrogen and oxygen atoms in total. The van der Waals surface area contributed by atoms with Crippen molar-refractivity contribution in [3.63, 3.8) is 0 Å². The molecule has 2 aromatic carbocycles. The third-order valence-electron chi connectivity index (χ3n) is 3.26. The molecular weight excluding hydrogens is 316 g/mol. The van der Waals surface area contributed by atoms with Crippen LogP contribution < -0.4 is 5.32 Å². The summed E-state index contributed by atoms with van der Waals surface area (Å²) in [7, 11) is 1.94. The van der Waals surface area contributed by atoms with E-state index < -0.39 is 0 Å². The SMILES string of the molecule is Cn1cc(C(=O)Nc2ccccc2Br)c2ccccc21. The molecule has 4 heteroatoms. The summed E-state index contributed by atoms with van der Waals surface area (Å²) in [6.07, 6.45) is 1.86. The lowest BCUT2D eigenvalue weighted by Crippen LogP contribution is -2.11. The highest BCUT2D eigenvalue weighted by atomic mass is 79.9. The van der Waals surface area contributed by atoms with Gasteiger partial charge in [0.05, 0.1) is 11.3 Å². The van der Waals surface area contributed by atoms with Crippen LogP contribution in [0.2, 0.25) is 0 Å². The van der Waals surface area contributed by atoms with Crippen molar-refractivity contribution >= 4 is 38.4 Å². The average molecular weight is 329 g/mol.